The zero-order valence-electron chi connectivity index (χ0n) is 17.4. The normalized spacial score (nSPS) is 16.0. The zero-order chi connectivity index (χ0) is 20.6. The highest BCUT2D eigenvalue weighted by atomic mass is 32.1. The SMILES string of the molecule is CCNC(=NCc1cc(-c2ccccc2)on1)NCC(c1cccs1)N1CCCC1. The lowest BCUT2D eigenvalue weighted by molar-refractivity contribution is 0.249. The van der Waals surface area contributed by atoms with Gasteiger partial charge in [-0.05, 0) is 44.3 Å². The van der Waals surface area contributed by atoms with Crippen molar-refractivity contribution in [3.05, 3.63) is 64.5 Å². The predicted octanol–water partition coefficient (Wildman–Crippen LogP) is 4.30. The second kappa shape index (κ2) is 10.4. The zero-order valence-corrected chi connectivity index (χ0v) is 18.2. The summed E-state index contributed by atoms with van der Waals surface area (Å²) >= 11 is 1.83. The number of rotatable bonds is 8. The van der Waals surface area contributed by atoms with Gasteiger partial charge in [0, 0.05) is 29.6 Å². The summed E-state index contributed by atoms with van der Waals surface area (Å²) in [7, 11) is 0. The van der Waals surface area contributed by atoms with Crippen molar-refractivity contribution in [3.8, 4) is 11.3 Å². The highest BCUT2D eigenvalue weighted by Crippen LogP contribution is 2.27. The quantitative estimate of drug-likeness (QED) is 0.418. The van der Waals surface area contributed by atoms with Crippen LogP contribution in [0.1, 0.15) is 36.4 Å². The summed E-state index contributed by atoms with van der Waals surface area (Å²) in [6, 6.07) is 16.7. The number of aliphatic imine (C=N–C) groups is 1. The van der Waals surface area contributed by atoms with Crippen LogP contribution in [0.4, 0.5) is 0 Å². The van der Waals surface area contributed by atoms with E-state index in [2.05, 4.69) is 45.1 Å². The molecule has 1 atom stereocenters. The monoisotopic (exact) mass is 423 g/mol. The van der Waals surface area contributed by atoms with Gasteiger partial charge in [0.15, 0.2) is 11.7 Å². The standard InChI is InChI=1S/C23H29N5OS/c1-2-24-23(25-16-19-15-21(29-27-19)18-9-4-3-5-10-18)26-17-20(22-11-8-14-30-22)28-12-6-7-13-28/h3-5,8-11,14-15,20H,2,6-7,12-13,16-17H2,1H3,(H2,24,25,26). The van der Waals surface area contributed by atoms with Gasteiger partial charge in [-0.25, -0.2) is 4.99 Å². The molecule has 2 N–H and O–H groups in total. The van der Waals surface area contributed by atoms with Crippen molar-refractivity contribution in [2.24, 2.45) is 4.99 Å². The molecule has 1 unspecified atom stereocenters. The van der Waals surface area contributed by atoms with E-state index in [0.717, 1.165) is 36.1 Å². The number of nitrogens with one attached hydrogen (secondary N) is 2. The van der Waals surface area contributed by atoms with Gasteiger partial charge in [0.2, 0.25) is 0 Å². The summed E-state index contributed by atoms with van der Waals surface area (Å²) in [6.45, 7) is 6.53. The molecule has 0 spiro atoms. The minimum Gasteiger partial charge on any atom is -0.357 e. The van der Waals surface area contributed by atoms with Crippen molar-refractivity contribution >= 4 is 17.3 Å². The Morgan fingerprint density at radius 1 is 1.17 bits per heavy atom. The molecule has 0 bridgehead atoms. The molecule has 158 valence electrons. The summed E-state index contributed by atoms with van der Waals surface area (Å²) in [5.41, 5.74) is 1.84. The molecule has 1 aliphatic rings. The first-order chi connectivity index (χ1) is 14.8. The molecule has 0 aliphatic carbocycles. The van der Waals surface area contributed by atoms with Crippen LogP contribution in [0.5, 0.6) is 0 Å². The van der Waals surface area contributed by atoms with Crippen LogP contribution in [0.2, 0.25) is 0 Å². The Balaban J connectivity index is 1.40. The molecular formula is C23H29N5OS. The topological polar surface area (TPSA) is 65.7 Å². The smallest absolute Gasteiger partial charge is 0.191 e. The highest BCUT2D eigenvalue weighted by molar-refractivity contribution is 7.10. The van der Waals surface area contributed by atoms with E-state index in [4.69, 9.17) is 9.52 Å². The molecule has 0 saturated carbocycles. The van der Waals surface area contributed by atoms with Gasteiger partial charge in [-0.15, -0.1) is 11.3 Å². The van der Waals surface area contributed by atoms with Crippen LogP contribution in [0, 0.1) is 0 Å². The van der Waals surface area contributed by atoms with Crippen molar-refractivity contribution < 1.29 is 4.52 Å². The van der Waals surface area contributed by atoms with Gasteiger partial charge in [-0.2, -0.15) is 0 Å². The van der Waals surface area contributed by atoms with Crippen molar-refractivity contribution in [2.45, 2.75) is 32.4 Å². The highest BCUT2D eigenvalue weighted by Gasteiger charge is 2.24. The van der Waals surface area contributed by atoms with E-state index in [1.165, 1.54) is 30.8 Å². The van der Waals surface area contributed by atoms with Gasteiger partial charge in [-0.3, -0.25) is 4.90 Å². The average molecular weight is 424 g/mol. The molecule has 3 aromatic rings. The van der Waals surface area contributed by atoms with Gasteiger partial charge in [0.25, 0.3) is 0 Å². The minimum atomic E-state index is 0.382. The van der Waals surface area contributed by atoms with Crippen molar-refractivity contribution in [1.82, 2.24) is 20.7 Å². The van der Waals surface area contributed by atoms with E-state index < -0.39 is 0 Å². The predicted molar refractivity (Wildman–Crippen MR) is 123 cm³/mol. The molecule has 1 aliphatic heterocycles. The summed E-state index contributed by atoms with van der Waals surface area (Å²) in [5.74, 6) is 1.58. The number of aromatic nitrogens is 1. The Morgan fingerprint density at radius 3 is 2.73 bits per heavy atom. The third-order valence-corrected chi connectivity index (χ3v) is 6.25. The Bertz CT molecular complexity index is 916. The maximum atomic E-state index is 5.49. The molecule has 4 rings (SSSR count). The van der Waals surface area contributed by atoms with Gasteiger partial charge in [0.05, 0.1) is 12.6 Å². The first kappa shape index (κ1) is 20.6. The Kier molecular flexibility index (Phi) is 7.16. The van der Waals surface area contributed by atoms with Crippen LogP contribution >= 0.6 is 11.3 Å². The molecular weight excluding hydrogens is 394 g/mol. The van der Waals surface area contributed by atoms with Crippen LogP contribution in [-0.4, -0.2) is 42.2 Å². The number of benzene rings is 1. The Labute approximate surface area is 182 Å². The molecule has 0 amide bonds. The van der Waals surface area contributed by atoms with Crippen LogP contribution in [-0.2, 0) is 6.54 Å². The van der Waals surface area contributed by atoms with E-state index in [0.29, 0.717) is 12.6 Å². The largest absolute Gasteiger partial charge is 0.357 e. The number of hydrogen-bond donors (Lipinski definition) is 2. The molecule has 1 saturated heterocycles. The van der Waals surface area contributed by atoms with E-state index in [1.807, 2.05) is 47.7 Å². The van der Waals surface area contributed by atoms with Crippen molar-refractivity contribution in [1.29, 1.82) is 0 Å². The van der Waals surface area contributed by atoms with E-state index in [-0.39, 0.29) is 0 Å². The molecule has 7 heteroatoms. The second-order valence-corrected chi connectivity index (χ2v) is 8.38. The molecule has 1 fully saturated rings. The van der Waals surface area contributed by atoms with E-state index >= 15 is 0 Å². The fourth-order valence-corrected chi connectivity index (χ4v) is 4.62. The molecule has 1 aromatic carbocycles. The number of guanidine groups is 1. The lowest BCUT2D eigenvalue weighted by Gasteiger charge is -2.27. The van der Waals surface area contributed by atoms with Crippen LogP contribution in [0.3, 0.4) is 0 Å². The number of likely N-dealkylation sites (tertiary alicyclic amines) is 1. The Morgan fingerprint density at radius 2 is 2.00 bits per heavy atom. The summed E-state index contributed by atoms with van der Waals surface area (Å²) < 4.78 is 5.49. The second-order valence-electron chi connectivity index (χ2n) is 7.40. The molecule has 6 nitrogen and oxygen atoms in total. The van der Waals surface area contributed by atoms with Gasteiger partial charge in [0.1, 0.15) is 5.69 Å². The van der Waals surface area contributed by atoms with Crippen molar-refractivity contribution in [2.75, 3.05) is 26.2 Å². The maximum absolute atomic E-state index is 5.49. The number of thiophene rings is 1. The van der Waals surface area contributed by atoms with Crippen LogP contribution < -0.4 is 10.6 Å². The maximum Gasteiger partial charge on any atom is 0.191 e. The lowest BCUT2D eigenvalue weighted by Crippen LogP contribution is -2.42. The fourth-order valence-electron chi connectivity index (χ4n) is 3.76. The molecule has 3 heterocycles. The fraction of sp³-hybridized carbons (Fsp3) is 0.391. The van der Waals surface area contributed by atoms with E-state index in [9.17, 15) is 0 Å². The summed E-state index contributed by atoms with van der Waals surface area (Å²) in [6.07, 6.45) is 2.57. The van der Waals surface area contributed by atoms with E-state index in [1.54, 1.807) is 0 Å². The lowest BCUT2D eigenvalue weighted by atomic mass is 10.2. The third kappa shape index (κ3) is 5.29. The van der Waals surface area contributed by atoms with Crippen LogP contribution in [0.15, 0.2) is 63.4 Å². The van der Waals surface area contributed by atoms with Crippen LogP contribution in [0.25, 0.3) is 11.3 Å². The van der Waals surface area contributed by atoms with Gasteiger partial charge in [-0.1, -0.05) is 41.6 Å². The number of hydrogen-bond acceptors (Lipinski definition) is 5. The summed E-state index contributed by atoms with van der Waals surface area (Å²) in [4.78, 5) is 8.71. The average Bonchev–Trinajstić information content (AvgIpc) is 3.56. The van der Waals surface area contributed by atoms with Gasteiger partial charge < -0.3 is 15.2 Å². The summed E-state index contributed by atoms with van der Waals surface area (Å²) in [5, 5.41) is 13.2. The minimum absolute atomic E-state index is 0.382. The number of nitrogens with zero attached hydrogens (tertiary/aromatic N) is 3. The first-order valence-electron chi connectivity index (χ1n) is 10.6. The van der Waals surface area contributed by atoms with Crippen molar-refractivity contribution in [3.63, 3.8) is 0 Å². The molecule has 0 radical (unpaired) electrons. The third-order valence-electron chi connectivity index (χ3n) is 5.28. The Hall–Kier alpha value is -2.64. The molecule has 30 heavy (non-hydrogen) atoms. The molecule has 2 aromatic heterocycles. The van der Waals surface area contributed by atoms with Gasteiger partial charge >= 0.3 is 0 Å². The first-order valence-corrected chi connectivity index (χ1v) is 11.5.